The molecule has 1 amide bonds. The van der Waals surface area contributed by atoms with Crippen molar-refractivity contribution in [2.75, 3.05) is 6.54 Å². The smallest absolute Gasteiger partial charge is 0.251 e. The molecular formula is C12H14ClNO. The Morgan fingerprint density at radius 1 is 1.60 bits per heavy atom. The Labute approximate surface area is 94.9 Å². The molecule has 15 heavy (non-hydrogen) atoms. The van der Waals surface area contributed by atoms with E-state index in [-0.39, 0.29) is 5.91 Å². The maximum atomic E-state index is 11.6. The zero-order valence-corrected chi connectivity index (χ0v) is 9.47. The molecular weight excluding hydrogens is 210 g/mol. The average Bonchev–Trinajstić information content (AvgIpc) is 2.22. The summed E-state index contributed by atoms with van der Waals surface area (Å²) in [7, 11) is 0. The van der Waals surface area contributed by atoms with Crippen LogP contribution in [-0.2, 0) is 0 Å². The highest BCUT2D eigenvalue weighted by atomic mass is 35.5. The average molecular weight is 224 g/mol. The molecule has 1 aromatic carbocycles. The number of nitrogens with one attached hydrogen (secondary N) is 1. The molecule has 0 radical (unpaired) electrons. The van der Waals surface area contributed by atoms with Crippen LogP contribution in [0.3, 0.4) is 0 Å². The van der Waals surface area contributed by atoms with Gasteiger partial charge in [-0.3, -0.25) is 4.79 Å². The Bertz CT molecular complexity index is 374. The SMILES string of the molecule is C=CCCNC(=O)c1ccc(Cl)c(C)c1. The molecule has 0 aliphatic rings. The molecule has 3 heteroatoms. The molecule has 80 valence electrons. The van der Waals surface area contributed by atoms with Crippen molar-refractivity contribution < 1.29 is 4.79 Å². The highest BCUT2D eigenvalue weighted by molar-refractivity contribution is 6.31. The first kappa shape index (κ1) is 11.8. The van der Waals surface area contributed by atoms with Gasteiger partial charge in [0.2, 0.25) is 0 Å². The van der Waals surface area contributed by atoms with Crippen LogP contribution in [0.15, 0.2) is 30.9 Å². The van der Waals surface area contributed by atoms with Gasteiger partial charge in [-0.1, -0.05) is 17.7 Å². The molecule has 0 unspecified atom stereocenters. The third kappa shape index (κ3) is 3.40. The summed E-state index contributed by atoms with van der Waals surface area (Å²) in [6, 6.07) is 5.24. The van der Waals surface area contributed by atoms with E-state index in [2.05, 4.69) is 11.9 Å². The minimum Gasteiger partial charge on any atom is -0.352 e. The van der Waals surface area contributed by atoms with E-state index in [1.165, 1.54) is 0 Å². The van der Waals surface area contributed by atoms with Gasteiger partial charge >= 0.3 is 0 Å². The summed E-state index contributed by atoms with van der Waals surface area (Å²) in [5.74, 6) is -0.0726. The molecule has 0 aromatic heterocycles. The van der Waals surface area contributed by atoms with Gasteiger partial charge in [-0.2, -0.15) is 0 Å². The highest BCUT2D eigenvalue weighted by Crippen LogP contribution is 2.16. The van der Waals surface area contributed by atoms with Gasteiger partial charge in [0.25, 0.3) is 5.91 Å². The number of hydrogen-bond acceptors (Lipinski definition) is 1. The lowest BCUT2D eigenvalue weighted by molar-refractivity contribution is 0.0954. The third-order valence-corrected chi connectivity index (χ3v) is 2.48. The number of aryl methyl sites for hydroxylation is 1. The summed E-state index contributed by atoms with van der Waals surface area (Å²) < 4.78 is 0. The standard InChI is InChI=1S/C12H14ClNO/c1-3-4-7-14-12(15)10-5-6-11(13)9(2)8-10/h3,5-6,8H,1,4,7H2,2H3,(H,14,15). The molecule has 0 aliphatic heterocycles. The van der Waals surface area contributed by atoms with Crippen molar-refractivity contribution in [3.63, 3.8) is 0 Å². The van der Waals surface area contributed by atoms with Gasteiger partial charge in [-0.05, 0) is 37.1 Å². The van der Waals surface area contributed by atoms with Crippen molar-refractivity contribution in [1.29, 1.82) is 0 Å². The van der Waals surface area contributed by atoms with Gasteiger partial charge in [0, 0.05) is 17.1 Å². The first-order valence-electron chi connectivity index (χ1n) is 4.80. The van der Waals surface area contributed by atoms with Gasteiger partial charge in [0.15, 0.2) is 0 Å². The fourth-order valence-corrected chi connectivity index (χ4v) is 1.29. The molecule has 2 nitrogen and oxygen atoms in total. The summed E-state index contributed by atoms with van der Waals surface area (Å²) in [6.45, 7) is 6.08. The van der Waals surface area contributed by atoms with Crippen LogP contribution in [0.25, 0.3) is 0 Å². The van der Waals surface area contributed by atoms with Gasteiger partial charge in [0.1, 0.15) is 0 Å². The van der Waals surface area contributed by atoms with Crippen LogP contribution in [0, 0.1) is 6.92 Å². The van der Waals surface area contributed by atoms with Crippen LogP contribution in [0.2, 0.25) is 5.02 Å². The van der Waals surface area contributed by atoms with Crippen LogP contribution in [0.5, 0.6) is 0 Å². The molecule has 0 spiro atoms. The van der Waals surface area contributed by atoms with Gasteiger partial charge in [0.05, 0.1) is 0 Å². The van der Waals surface area contributed by atoms with Crippen molar-refractivity contribution in [2.45, 2.75) is 13.3 Å². The zero-order valence-electron chi connectivity index (χ0n) is 8.72. The second kappa shape index (κ2) is 5.56. The lowest BCUT2D eigenvalue weighted by atomic mass is 10.1. The molecule has 0 saturated carbocycles. The van der Waals surface area contributed by atoms with E-state index in [0.717, 1.165) is 12.0 Å². The van der Waals surface area contributed by atoms with E-state index < -0.39 is 0 Å². The predicted molar refractivity (Wildman–Crippen MR) is 63.3 cm³/mol. The number of carbonyl (C=O) groups is 1. The first-order chi connectivity index (χ1) is 7.15. The molecule has 0 atom stereocenters. The normalized spacial score (nSPS) is 9.73. The Kier molecular flexibility index (Phi) is 4.37. The van der Waals surface area contributed by atoms with E-state index in [1.54, 1.807) is 24.3 Å². The summed E-state index contributed by atoms with van der Waals surface area (Å²) in [6.07, 6.45) is 2.55. The summed E-state index contributed by atoms with van der Waals surface area (Å²) >= 11 is 5.87. The molecule has 1 rings (SSSR count). The van der Waals surface area contributed by atoms with E-state index in [0.29, 0.717) is 17.1 Å². The van der Waals surface area contributed by atoms with Crippen LogP contribution in [0.1, 0.15) is 22.3 Å². The van der Waals surface area contributed by atoms with Crippen molar-refractivity contribution in [1.82, 2.24) is 5.32 Å². The number of halogens is 1. The maximum Gasteiger partial charge on any atom is 0.251 e. The molecule has 1 N–H and O–H groups in total. The fourth-order valence-electron chi connectivity index (χ4n) is 1.18. The van der Waals surface area contributed by atoms with Crippen molar-refractivity contribution in [2.24, 2.45) is 0 Å². The Balaban J connectivity index is 2.65. The molecule has 1 aromatic rings. The maximum absolute atomic E-state index is 11.6. The van der Waals surface area contributed by atoms with E-state index in [9.17, 15) is 4.79 Å². The largest absolute Gasteiger partial charge is 0.352 e. The van der Waals surface area contributed by atoms with Crippen molar-refractivity contribution in [3.05, 3.63) is 47.0 Å². The lowest BCUT2D eigenvalue weighted by Gasteiger charge is -2.05. The third-order valence-electron chi connectivity index (χ3n) is 2.05. The molecule has 0 fully saturated rings. The van der Waals surface area contributed by atoms with Crippen molar-refractivity contribution >= 4 is 17.5 Å². The summed E-state index contributed by atoms with van der Waals surface area (Å²) in [4.78, 5) is 11.6. The fraction of sp³-hybridized carbons (Fsp3) is 0.250. The predicted octanol–water partition coefficient (Wildman–Crippen LogP) is 2.95. The van der Waals surface area contributed by atoms with Gasteiger partial charge in [-0.25, -0.2) is 0 Å². The zero-order chi connectivity index (χ0) is 11.3. The summed E-state index contributed by atoms with van der Waals surface area (Å²) in [5.41, 5.74) is 1.55. The van der Waals surface area contributed by atoms with Crippen LogP contribution < -0.4 is 5.32 Å². The molecule has 0 bridgehead atoms. The number of amides is 1. The molecule has 0 saturated heterocycles. The van der Waals surface area contributed by atoms with Crippen LogP contribution in [0.4, 0.5) is 0 Å². The van der Waals surface area contributed by atoms with E-state index in [4.69, 9.17) is 11.6 Å². The second-order valence-corrected chi connectivity index (χ2v) is 3.70. The molecule has 0 aliphatic carbocycles. The number of carbonyl (C=O) groups excluding carboxylic acids is 1. The number of rotatable bonds is 4. The number of benzene rings is 1. The minimum absolute atomic E-state index is 0.0726. The Hall–Kier alpha value is -1.28. The summed E-state index contributed by atoms with van der Waals surface area (Å²) in [5, 5.41) is 3.47. The van der Waals surface area contributed by atoms with E-state index >= 15 is 0 Å². The quantitative estimate of drug-likeness (QED) is 0.617. The van der Waals surface area contributed by atoms with Crippen molar-refractivity contribution in [3.8, 4) is 0 Å². The Morgan fingerprint density at radius 3 is 2.93 bits per heavy atom. The first-order valence-corrected chi connectivity index (χ1v) is 5.18. The second-order valence-electron chi connectivity index (χ2n) is 3.30. The lowest BCUT2D eigenvalue weighted by Crippen LogP contribution is -2.24. The van der Waals surface area contributed by atoms with Crippen LogP contribution >= 0.6 is 11.6 Å². The Morgan fingerprint density at radius 2 is 2.33 bits per heavy atom. The van der Waals surface area contributed by atoms with Gasteiger partial charge < -0.3 is 5.32 Å². The number of hydrogen-bond donors (Lipinski definition) is 1. The topological polar surface area (TPSA) is 29.1 Å². The van der Waals surface area contributed by atoms with Gasteiger partial charge in [-0.15, -0.1) is 6.58 Å². The highest BCUT2D eigenvalue weighted by Gasteiger charge is 2.05. The van der Waals surface area contributed by atoms with Crippen LogP contribution in [-0.4, -0.2) is 12.5 Å². The van der Waals surface area contributed by atoms with E-state index in [1.807, 2.05) is 6.92 Å². The monoisotopic (exact) mass is 223 g/mol. The molecule has 0 heterocycles. The minimum atomic E-state index is -0.0726.